The average Bonchev–Trinajstić information content (AvgIpc) is 2.79. The Morgan fingerprint density at radius 3 is 2.54 bits per heavy atom. The predicted octanol–water partition coefficient (Wildman–Crippen LogP) is 3.39. The molecule has 6 heteroatoms. The second-order valence-electron chi connectivity index (χ2n) is 7.66. The largest absolute Gasteiger partial charge is 0.492 e. The van der Waals surface area contributed by atoms with E-state index in [-0.39, 0.29) is 5.91 Å². The number of amides is 1. The Morgan fingerprint density at radius 2 is 1.88 bits per heavy atom. The summed E-state index contributed by atoms with van der Waals surface area (Å²) in [7, 11) is -0.515. The van der Waals surface area contributed by atoms with Gasteiger partial charge in [0.25, 0.3) is 0 Å². The van der Waals surface area contributed by atoms with E-state index in [2.05, 4.69) is 16.4 Å². The molecule has 1 aromatic heterocycles. The zero-order valence-corrected chi connectivity index (χ0v) is 16.0. The molecule has 1 N–H and O–H groups in total. The number of fused-ring (bicyclic) bond motifs is 1. The summed E-state index contributed by atoms with van der Waals surface area (Å²) in [6.45, 7) is 9.94. The Kier molecular flexibility index (Phi) is 4.91. The molecular formula is C20H25BN2O3. The molecule has 26 heavy (non-hydrogen) atoms. The van der Waals surface area contributed by atoms with Crippen LogP contribution in [0.2, 0.25) is 0 Å². The van der Waals surface area contributed by atoms with Crippen LogP contribution in [0.1, 0.15) is 40.2 Å². The van der Waals surface area contributed by atoms with Crippen LogP contribution in [0.5, 0.6) is 0 Å². The van der Waals surface area contributed by atoms with E-state index in [0.717, 1.165) is 21.8 Å². The number of hydrogen-bond donors (Lipinski definition) is 1. The van der Waals surface area contributed by atoms with Gasteiger partial charge >= 0.3 is 7.12 Å². The number of hydrogen-bond acceptors (Lipinski definition) is 4. The molecule has 136 valence electrons. The highest BCUT2D eigenvalue weighted by Gasteiger charge is 2.52. The topological polar surface area (TPSA) is 60.5 Å². The Bertz CT molecular complexity index is 840. The van der Waals surface area contributed by atoms with Gasteiger partial charge in [-0.3, -0.25) is 9.78 Å². The zero-order valence-electron chi connectivity index (χ0n) is 16.0. The van der Waals surface area contributed by atoms with Crippen LogP contribution in [0, 0.1) is 0 Å². The fourth-order valence-electron chi connectivity index (χ4n) is 2.89. The maximum atomic E-state index is 11.5. The fourth-order valence-corrected chi connectivity index (χ4v) is 2.89. The first-order chi connectivity index (χ1) is 12.2. The standard InChI is InChI=1S/C20H25BN2O3/c1-14(24)23-12-17(21-25-19(2,3)20(4,5)26-21)11-16-8-6-7-15-9-10-22-13-18(15)16/h6-11,13H,12H2,1-5H3,(H,23,24). The van der Waals surface area contributed by atoms with Crippen molar-refractivity contribution in [3.63, 3.8) is 0 Å². The number of nitrogens with zero attached hydrogens (tertiary/aromatic N) is 1. The molecule has 1 aliphatic heterocycles. The van der Waals surface area contributed by atoms with Crippen LogP contribution in [0.3, 0.4) is 0 Å². The molecule has 0 spiro atoms. The second kappa shape index (κ2) is 6.85. The number of nitrogens with one attached hydrogen (secondary N) is 1. The summed E-state index contributed by atoms with van der Waals surface area (Å²) in [6, 6.07) is 8.07. The second-order valence-corrected chi connectivity index (χ2v) is 7.66. The number of benzene rings is 1. The normalized spacial score (nSPS) is 19.0. The third-order valence-corrected chi connectivity index (χ3v) is 5.16. The molecule has 0 radical (unpaired) electrons. The molecule has 1 saturated heterocycles. The summed E-state index contributed by atoms with van der Waals surface area (Å²) in [6.07, 6.45) is 5.66. The van der Waals surface area contributed by atoms with Crippen molar-refractivity contribution in [3.05, 3.63) is 47.7 Å². The van der Waals surface area contributed by atoms with E-state index in [4.69, 9.17) is 9.31 Å². The molecule has 1 aliphatic rings. The Balaban J connectivity index is 2.01. The van der Waals surface area contributed by atoms with E-state index in [1.165, 1.54) is 6.92 Å². The highest BCUT2D eigenvalue weighted by atomic mass is 16.7. The molecular weight excluding hydrogens is 327 g/mol. The third-order valence-electron chi connectivity index (χ3n) is 5.16. The molecule has 5 nitrogen and oxygen atoms in total. The van der Waals surface area contributed by atoms with Gasteiger partial charge in [0.05, 0.1) is 11.2 Å². The number of pyridine rings is 1. The SMILES string of the molecule is CC(=O)NCC(=Cc1cccc2ccncc12)B1OC(C)(C)C(C)(C)O1. The fraction of sp³-hybridized carbons (Fsp3) is 0.400. The van der Waals surface area contributed by atoms with Crippen molar-refractivity contribution >= 4 is 29.9 Å². The Labute approximate surface area is 154 Å². The Morgan fingerprint density at radius 1 is 1.19 bits per heavy atom. The van der Waals surface area contributed by atoms with Gasteiger partial charge in [0.2, 0.25) is 5.91 Å². The van der Waals surface area contributed by atoms with E-state index >= 15 is 0 Å². The lowest BCUT2D eigenvalue weighted by atomic mass is 9.76. The molecule has 1 amide bonds. The van der Waals surface area contributed by atoms with Crippen LogP contribution in [-0.2, 0) is 14.1 Å². The first-order valence-electron chi connectivity index (χ1n) is 8.83. The van der Waals surface area contributed by atoms with E-state index in [1.807, 2.05) is 58.2 Å². The van der Waals surface area contributed by atoms with Gasteiger partial charge in [0, 0.05) is 31.2 Å². The van der Waals surface area contributed by atoms with Gasteiger partial charge in [0.15, 0.2) is 0 Å². The molecule has 0 bridgehead atoms. The van der Waals surface area contributed by atoms with Gasteiger partial charge in [-0.05, 0) is 50.2 Å². The van der Waals surface area contributed by atoms with E-state index in [1.54, 1.807) is 6.20 Å². The first-order valence-corrected chi connectivity index (χ1v) is 8.83. The van der Waals surface area contributed by atoms with Crippen molar-refractivity contribution in [2.45, 2.75) is 45.8 Å². The van der Waals surface area contributed by atoms with Crippen molar-refractivity contribution in [2.24, 2.45) is 0 Å². The number of aromatic nitrogens is 1. The summed E-state index contributed by atoms with van der Waals surface area (Å²) in [5.41, 5.74) is 1.02. The lowest BCUT2D eigenvalue weighted by Crippen LogP contribution is -2.41. The first kappa shape index (κ1) is 18.6. The van der Waals surface area contributed by atoms with Crippen LogP contribution in [-0.4, -0.2) is 35.8 Å². The Hall–Kier alpha value is -2.18. The van der Waals surface area contributed by atoms with Crippen molar-refractivity contribution in [1.82, 2.24) is 10.3 Å². The van der Waals surface area contributed by atoms with Crippen LogP contribution in [0.15, 0.2) is 42.1 Å². The van der Waals surface area contributed by atoms with E-state index in [0.29, 0.717) is 6.54 Å². The summed E-state index contributed by atoms with van der Waals surface area (Å²) < 4.78 is 12.4. The molecule has 2 aromatic rings. The summed E-state index contributed by atoms with van der Waals surface area (Å²) >= 11 is 0. The molecule has 3 rings (SSSR count). The average molecular weight is 352 g/mol. The van der Waals surface area contributed by atoms with Crippen LogP contribution in [0.4, 0.5) is 0 Å². The summed E-state index contributed by atoms with van der Waals surface area (Å²) in [4.78, 5) is 15.7. The third kappa shape index (κ3) is 3.66. The van der Waals surface area contributed by atoms with Gasteiger partial charge in [0.1, 0.15) is 0 Å². The molecule has 0 unspecified atom stereocenters. The van der Waals surface area contributed by atoms with Crippen LogP contribution >= 0.6 is 0 Å². The number of carbonyl (C=O) groups is 1. The van der Waals surface area contributed by atoms with Gasteiger partial charge in [-0.15, -0.1) is 0 Å². The molecule has 0 aliphatic carbocycles. The minimum atomic E-state index is -0.515. The lowest BCUT2D eigenvalue weighted by Gasteiger charge is -2.32. The van der Waals surface area contributed by atoms with Gasteiger partial charge < -0.3 is 14.6 Å². The van der Waals surface area contributed by atoms with Crippen LogP contribution in [0.25, 0.3) is 16.8 Å². The minimum Gasteiger partial charge on any atom is -0.400 e. The van der Waals surface area contributed by atoms with Crippen molar-refractivity contribution < 1.29 is 14.1 Å². The van der Waals surface area contributed by atoms with Crippen molar-refractivity contribution in [2.75, 3.05) is 6.54 Å². The van der Waals surface area contributed by atoms with Gasteiger partial charge in [-0.25, -0.2) is 0 Å². The van der Waals surface area contributed by atoms with E-state index in [9.17, 15) is 4.79 Å². The van der Waals surface area contributed by atoms with Crippen LogP contribution < -0.4 is 5.32 Å². The minimum absolute atomic E-state index is 0.0907. The maximum absolute atomic E-state index is 11.5. The quantitative estimate of drug-likeness (QED) is 0.857. The summed E-state index contributed by atoms with van der Waals surface area (Å²) in [5, 5.41) is 5.02. The molecule has 1 aromatic carbocycles. The molecule has 0 atom stereocenters. The molecule has 0 saturated carbocycles. The van der Waals surface area contributed by atoms with Crippen molar-refractivity contribution in [1.29, 1.82) is 0 Å². The zero-order chi connectivity index (χ0) is 18.9. The lowest BCUT2D eigenvalue weighted by molar-refractivity contribution is -0.118. The number of carbonyl (C=O) groups excluding carboxylic acids is 1. The molecule has 2 heterocycles. The highest BCUT2D eigenvalue weighted by Crippen LogP contribution is 2.39. The monoisotopic (exact) mass is 352 g/mol. The van der Waals surface area contributed by atoms with Gasteiger partial charge in [-0.2, -0.15) is 0 Å². The van der Waals surface area contributed by atoms with Gasteiger partial charge in [-0.1, -0.05) is 24.3 Å². The van der Waals surface area contributed by atoms with E-state index < -0.39 is 18.3 Å². The highest BCUT2D eigenvalue weighted by molar-refractivity contribution is 6.56. The smallest absolute Gasteiger partial charge is 0.400 e. The predicted molar refractivity (Wildman–Crippen MR) is 104 cm³/mol. The molecule has 1 fully saturated rings. The maximum Gasteiger partial charge on any atom is 0.492 e. The van der Waals surface area contributed by atoms with Crippen molar-refractivity contribution in [3.8, 4) is 0 Å². The number of rotatable bonds is 4. The summed E-state index contributed by atoms with van der Waals surface area (Å²) in [5.74, 6) is -0.0907.